The van der Waals surface area contributed by atoms with Crippen LogP contribution in [0.15, 0.2) is 42.5 Å². The zero-order valence-corrected chi connectivity index (χ0v) is 14.3. The van der Waals surface area contributed by atoms with Gasteiger partial charge in [-0.05, 0) is 41.3 Å². The van der Waals surface area contributed by atoms with E-state index in [1.54, 1.807) is 19.2 Å². The van der Waals surface area contributed by atoms with Gasteiger partial charge in [0.2, 0.25) is 0 Å². The summed E-state index contributed by atoms with van der Waals surface area (Å²) in [5.74, 6) is 1.23. The van der Waals surface area contributed by atoms with Gasteiger partial charge in [0.25, 0.3) is 0 Å². The van der Waals surface area contributed by atoms with Gasteiger partial charge in [-0.3, -0.25) is 0 Å². The minimum Gasteiger partial charge on any atom is -0.497 e. The summed E-state index contributed by atoms with van der Waals surface area (Å²) < 4.78 is 5.34. The predicted molar refractivity (Wildman–Crippen MR) is 99.0 cm³/mol. The van der Waals surface area contributed by atoms with Crippen LogP contribution in [-0.4, -0.2) is 30.4 Å². The Morgan fingerprint density at radius 2 is 2.08 bits per heavy atom. The quantitative estimate of drug-likeness (QED) is 0.728. The molecule has 0 saturated heterocycles. The Bertz CT molecular complexity index is 967. The van der Waals surface area contributed by atoms with Gasteiger partial charge in [-0.15, -0.1) is 0 Å². The van der Waals surface area contributed by atoms with E-state index in [0.29, 0.717) is 28.7 Å². The van der Waals surface area contributed by atoms with Gasteiger partial charge in [-0.2, -0.15) is 5.26 Å². The molecule has 0 spiro atoms. The van der Waals surface area contributed by atoms with E-state index < -0.39 is 0 Å². The zero-order valence-electron chi connectivity index (χ0n) is 13.6. The number of aliphatic hydroxyl groups excluding tert-OH is 1. The van der Waals surface area contributed by atoms with E-state index in [9.17, 15) is 5.26 Å². The lowest BCUT2D eigenvalue weighted by Crippen LogP contribution is -2.09. The van der Waals surface area contributed by atoms with Crippen LogP contribution >= 0.6 is 11.6 Å². The molecular formula is C19H16ClN3O2. The number of anilines is 1. The third-order valence-electron chi connectivity index (χ3n) is 3.84. The third-order valence-corrected chi connectivity index (χ3v) is 4.07. The number of hydrogen-bond donors (Lipinski definition) is 2. The van der Waals surface area contributed by atoms with Crippen LogP contribution in [-0.2, 0) is 0 Å². The Kier molecular flexibility index (Phi) is 5.03. The van der Waals surface area contributed by atoms with Crippen molar-refractivity contribution in [3.8, 4) is 22.9 Å². The van der Waals surface area contributed by atoms with Crippen LogP contribution < -0.4 is 10.1 Å². The number of ether oxygens (including phenoxy) is 1. The molecule has 0 unspecified atom stereocenters. The molecule has 1 heterocycles. The number of nitriles is 1. The largest absolute Gasteiger partial charge is 0.497 e. The fraction of sp³-hybridized carbons (Fsp3) is 0.158. The summed E-state index contributed by atoms with van der Waals surface area (Å²) in [5.41, 5.74) is 1.79. The molecule has 0 aliphatic carbocycles. The summed E-state index contributed by atoms with van der Waals surface area (Å²) in [6.07, 6.45) is 0. The summed E-state index contributed by atoms with van der Waals surface area (Å²) in [4.78, 5) is 4.45. The Morgan fingerprint density at radius 1 is 1.24 bits per heavy atom. The first-order valence-corrected chi connectivity index (χ1v) is 8.08. The Hall–Kier alpha value is -2.81. The number of halogens is 1. The van der Waals surface area contributed by atoms with E-state index >= 15 is 0 Å². The number of nitrogens with zero attached hydrogens (tertiary/aromatic N) is 2. The highest BCUT2D eigenvalue weighted by atomic mass is 35.5. The van der Waals surface area contributed by atoms with Crippen molar-refractivity contribution in [3.05, 3.63) is 53.2 Å². The summed E-state index contributed by atoms with van der Waals surface area (Å²) in [7, 11) is 1.59. The topological polar surface area (TPSA) is 78.2 Å². The molecule has 2 aromatic carbocycles. The monoisotopic (exact) mass is 353 g/mol. The van der Waals surface area contributed by atoms with Crippen LogP contribution in [0.2, 0.25) is 5.02 Å². The van der Waals surface area contributed by atoms with Crippen molar-refractivity contribution in [3.63, 3.8) is 0 Å². The molecule has 0 saturated carbocycles. The van der Waals surface area contributed by atoms with E-state index in [1.165, 1.54) is 0 Å². The number of aromatic nitrogens is 1. The van der Waals surface area contributed by atoms with Crippen molar-refractivity contribution in [2.45, 2.75) is 0 Å². The number of pyridine rings is 1. The molecule has 0 radical (unpaired) electrons. The lowest BCUT2D eigenvalue weighted by atomic mass is 9.97. The number of aliphatic hydroxyl groups is 1. The molecule has 0 bridgehead atoms. The Labute approximate surface area is 150 Å². The second-order valence-electron chi connectivity index (χ2n) is 5.37. The first-order valence-electron chi connectivity index (χ1n) is 7.70. The average Bonchev–Trinajstić information content (AvgIpc) is 2.64. The molecule has 2 N–H and O–H groups in total. The van der Waals surface area contributed by atoms with E-state index in [0.717, 1.165) is 16.3 Å². The van der Waals surface area contributed by atoms with Gasteiger partial charge in [0.15, 0.2) is 5.69 Å². The molecule has 126 valence electrons. The summed E-state index contributed by atoms with van der Waals surface area (Å²) in [6, 6.07) is 15.1. The number of fused-ring (bicyclic) bond motifs is 1. The van der Waals surface area contributed by atoms with Gasteiger partial charge in [0.05, 0.1) is 13.7 Å². The number of methoxy groups -OCH3 is 1. The maximum Gasteiger partial charge on any atom is 0.151 e. The van der Waals surface area contributed by atoms with Crippen LogP contribution in [0.3, 0.4) is 0 Å². The molecule has 0 atom stereocenters. The highest BCUT2D eigenvalue weighted by molar-refractivity contribution is 6.31. The van der Waals surface area contributed by atoms with Crippen molar-refractivity contribution < 1.29 is 9.84 Å². The number of hydrogen-bond acceptors (Lipinski definition) is 5. The lowest BCUT2D eigenvalue weighted by molar-refractivity contribution is 0.311. The maximum absolute atomic E-state index is 9.63. The highest BCUT2D eigenvalue weighted by Crippen LogP contribution is 2.37. The van der Waals surface area contributed by atoms with Gasteiger partial charge in [0.1, 0.15) is 17.6 Å². The van der Waals surface area contributed by atoms with Crippen molar-refractivity contribution in [1.29, 1.82) is 5.26 Å². The van der Waals surface area contributed by atoms with Gasteiger partial charge < -0.3 is 15.2 Å². The van der Waals surface area contributed by atoms with E-state index in [1.807, 2.05) is 30.3 Å². The zero-order chi connectivity index (χ0) is 17.8. The van der Waals surface area contributed by atoms with Crippen molar-refractivity contribution in [1.82, 2.24) is 4.98 Å². The standard InChI is InChI=1S/C19H16ClN3O2/c1-25-14-5-6-15-16(10-14)18(12-3-2-4-13(20)9-12)17(11-21)23-19(15)22-7-8-24/h2-6,9-10,24H,7-8H2,1H3,(H,22,23). The molecule has 1 aromatic heterocycles. The molecular weight excluding hydrogens is 338 g/mol. The lowest BCUT2D eigenvalue weighted by Gasteiger charge is -2.15. The van der Waals surface area contributed by atoms with Gasteiger partial charge in [-0.1, -0.05) is 23.7 Å². The number of nitrogens with one attached hydrogen (secondary N) is 1. The Morgan fingerprint density at radius 3 is 2.76 bits per heavy atom. The molecule has 3 rings (SSSR count). The molecule has 25 heavy (non-hydrogen) atoms. The minimum atomic E-state index is -0.0305. The SMILES string of the molecule is COc1ccc2c(NCCO)nc(C#N)c(-c3cccc(Cl)c3)c2c1. The Balaban J connectivity index is 2.36. The average molecular weight is 354 g/mol. The van der Waals surface area contributed by atoms with Gasteiger partial charge >= 0.3 is 0 Å². The molecule has 5 nitrogen and oxygen atoms in total. The van der Waals surface area contributed by atoms with Gasteiger partial charge in [0, 0.05) is 22.5 Å². The van der Waals surface area contributed by atoms with Crippen LogP contribution in [0.4, 0.5) is 5.82 Å². The third kappa shape index (κ3) is 3.36. The second-order valence-corrected chi connectivity index (χ2v) is 5.80. The molecule has 0 aliphatic rings. The van der Waals surface area contributed by atoms with Crippen molar-refractivity contribution >= 4 is 28.2 Å². The first-order chi connectivity index (χ1) is 12.2. The van der Waals surface area contributed by atoms with Gasteiger partial charge in [-0.25, -0.2) is 4.98 Å². The minimum absolute atomic E-state index is 0.0305. The van der Waals surface area contributed by atoms with Crippen molar-refractivity contribution in [2.75, 3.05) is 25.6 Å². The molecule has 0 amide bonds. The predicted octanol–water partition coefficient (Wildman–Crippen LogP) is 3.84. The fourth-order valence-electron chi connectivity index (χ4n) is 2.75. The first kappa shape index (κ1) is 17.0. The molecule has 6 heteroatoms. The molecule has 0 aliphatic heterocycles. The van der Waals surface area contributed by atoms with E-state index in [4.69, 9.17) is 21.4 Å². The van der Waals surface area contributed by atoms with Crippen LogP contribution in [0, 0.1) is 11.3 Å². The normalized spacial score (nSPS) is 10.5. The number of benzene rings is 2. The fourth-order valence-corrected chi connectivity index (χ4v) is 2.94. The van der Waals surface area contributed by atoms with Crippen LogP contribution in [0.5, 0.6) is 5.75 Å². The second kappa shape index (κ2) is 7.39. The summed E-state index contributed by atoms with van der Waals surface area (Å²) in [6.45, 7) is 0.312. The van der Waals surface area contributed by atoms with Crippen molar-refractivity contribution in [2.24, 2.45) is 0 Å². The molecule has 0 fully saturated rings. The summed E-state index contributed by atoms with van der Waals surface area (Å²) in [5, 5.41) is 24.0. The van der Waals surface area contributed by atoms with Crippen LogP contribution in [0.25, 0.3) is 21.9 Å². The highest BCUT2D eigenvalue weighted by Gasteiger charge is 2.16. The summed E-state index contributed by atoms with van der Waals surface area (Å²) >= 11 is 6.13. The number of rotatable bonds is 5. The smallest absolute Gasteiger partial charge is 0.151 e. The van der Waals surface area contributed by atoms with E-state index in [-0.39, 0.29) is 12.3 Å². The maximum atomic E-state index is 9.63. The van der Waals surface area contributed by atoms with Crippen LogP contribution in [0.1, 0.15) is 5.69 Å². The molecule has 3 aromatic rings. The van der Waals surface area contributed by atoms with E-state index in [2.05, 4.69) is 16.4 Å².